The van der Waals surface area contributed by atoms with Crippen LogP contribution in [0.2, 0.25) is 0 Å². The Morgan fingerprint density at radius 1 is 1.22 bits per heavy atom. The zero-order chi connectivity index (χ0) is 18.7. The van der Waals surface area contributed by atoms with E-state index in [0.717, 1.165) is 31.6 Å². The fourth-order valence-electron chi connectivity index (χ4n) is 3.71. The number of halogens is 1. The first-order valence-electron chi connectivity index (χ1n) is 8.95. The van der Waals surface area contributed by atoms with Crippen LogP contribution in [-0.4, -0.2) is 42.2 Å². The summed E-state index contributed by atoms with van der Waals surface area (Å²) >= 11 is 0. The summed E-state index contributed by atoms with van der Waals surface area (Å²) in [6, 6.07) is 5.81. The zero-order valence-corrected chi connectivity index (χ0v) is 17.3. The van der Waals surface area contributed by atoms with Gasteiger partial charge in [-0.05, 0) is 50.8 Å². The van der Waals surface area contributed by atoms with Crippen LogP contribution >= 0.6 is 13.5 Å². The maximum absolute atomic E-state index is 14.2. The van der Waals surface area contributed by atoms with E-state index in [1.165, 1.54) is 11.8 Å². The fourth-order valence-corrected chi connectivity index (χ4v) is 3.71. The molecule has 0 N–H and O–H groups in total. The number of nitrogens with zero attached hydrogens (tertiary/aromatic N) is 3. The predicted molar refractivity (Wildman–Crippen MR) is 108 cm³/mol. The van der Waals surface area contributed by atoms with Crippen LogP contribution in [0.4, 0.5) is 4.39 Å². The quantitative estimate of drug-likeness (QED) is 0.749. The molecule has 5 nitrogen and oxygen atoms in total. The second-order valence-electron chi connectivity index (χ2n) is 6.94. The standard InChI is InChI=1S/C20H26FN3O2.H2S/c1-13-7-16(9-20(23-13)26-4)8-15-5-6-24(12-15)14(2)17-10-19(25-3)22-11-18(17)21;/h7,9-11,14-15H,5-6,8,12H2,1-4H3;1H2/t14?,15-;/m1./s1. The number of methoxy groups -OCH3 is 2. The molecule has 148 valence electrons. The third-order valence-electron chi connectivity index (χ3n) is 5.11. The topological polar surface area (TPSA) is 47.5 Å². The van der Waals surface area contributed by atoms with Gasteiger partial charge in [-0.2, -0.15) is 13.5 Å². The molecule has 0 spiro atoms. The maximum atomic E-state index is 14.2. The van der Waals surface area contributed by atoms with Crippen molar-refractivity contribution in [3.05, 3.63) is 47.0 Å². The highest BCUT2D eigenvalue weighted by atomic mass is 32.1. The van der Waals surface area contributed by atoms with Crippen LogP contribution in [0.25, 0.3) is 0 Å². The van der Waals surface area contributed by atoms with E-state index in [1.807, 2.05) is 19.9 Å². The molecule has 0 amide bonds. The van der Waals surface area contributed by atoms with E-state index in [1.54, 1.807) is 20.3 Å². The van der Waals surface area contributed by atoms with Gasteiger partial charge < -0.3 is 9.47 Å². The van der Waals surface area contributed by atoms with Gasteiger partial charge in [-0.1, -0.05) is 0 Å². The number of hydrogen-bond donors (Lipinski definition) is 0. The first-order chi connectivity index (χ1) is 12.5. The van der Waals surface area contributed by atoms with Crippen LogP contribution in [-0.2, 0) is 6.42 Å². The van der Waals surface area contributed by atoms with Gasteiger partial charge in [-0.15, -0.1) is 0 Å². The van der Waals surface area contributed by atoms with E-state index in [4.69, 9.17) is 9.47 Å². The molecule has 7 heteroatoms. The van der Waals surface area contributed by atoms with Crippen molar-refractivity contribution in [2.45, 2.75) is 32.7 Å². The third kappa shape index (κ3) is 5.11. The van der Waals surface area contributed by atoms with Gasteiger partial charge in [0.15, 0.2) is 0 Å². The van der Waals surface area contributed by atoms with E-state index in [-0.39, 0.29) is 25.4 Å². The molecule has 1 unspecified atom stereocenters. The van der Waals surface area contributed by atoms with Gasteiger partial charge in [-0.25, -0.2) is 14.4 Å². The number of rotatable bonds is 6. The number of aromatic nitrogens is 2. The van der Waals surface area contributed by atoms with Crippen molar-refractivity contribution in [2.24, 2.45) is 5.92 Å². The molecule has 1 saturated heterocycles. The van der Waals surface area contributed by atoms with Crippen molar-refractivity contribution < 1.29 is 13.9 Å². The van der Waals surface area contributed by atoms with Crippen LogP contribution in [0.3, 0.4) is 0 Å². The highest BCUT2D eigenvalue weighted by Crippen LogP contribution is 2.31. The highest BCUT2D eigenvalue weighted by molar-refractivity contribution is 7.59. The van der Waals surface area contributed by atoms with E-state index in [0.29, 0.717) is 23.2 Å². The molecule has 2 atom stereocenters. The molecule has 2 aromatic rings. The van der Waals surface area contributed by atoms with Crippen molar-refractivity contribution in [1.29, 1.82) is 0 Å². The maximum Gasteiger partial charge on any atom is 0.213 e. The van der Waals surface area contributed by atoms with Crippen molar-refractivity contribution >= 4 is 13.5 Å². The van der Waals surface area contributed by atoms with Gasteiger partial charge in [0.25, 0.3) is 0 Å². The van der Waals surface area contributed by atoms with Crippen molar-refractivity contribution in [3.8, 4) is 11.8 Å². The van der Waals surface area contributed by atoms with Gasteiger partial charge in [0.05, 0.1) is 20.4 Å². The van der Waals surface area contributed by atoms with Gasteiger partial charge >= 0.3 is 0 Å². The largest absolute Gasteiger partial charge is 0.481 e. The summed E-state index contributed by atoms with van der Waals surface area (Å²) in [6.07, 6.45) is 3.31. The van der Waals surface area contributed by atoms with Gasteiger partial charge in [0, 0.05) is 36.0 Å². The van der Waals surface area contributed by atoms with Crippen molar-refractivity contribution in [2.75, 3.05) is 27.3 Å². The molecular weight excluding hydrogens is 365 g/mol. The lowest BCUT2D eigenvalue weighted by atomic mass is 9.99. The summed E-state index contributed by atoms with van der Waals surface area (Å²) in [5, 5.41) is 0. The van der Waals surface area contributed by atoms with Crippen LogP contribution < -0.4 is 9.47 Å². The molecule has 0 aliphatic carbocycles. The minimum absolute atomic E-state index is 0. The summed E-state index contributed by atoms with van der Waals surface area (Å²) in [4.78, 5) is 10.6. The number of pyridine rings is 2. The van der Waals surface area contributed by atoms with E-state index >= 15 is 0 Å². The number of aryl methyl sites for hydroxylation is 1. The van der Waals surface area contributed by atoms with Crippen LogP contribution in [0, 0.1) is 18.7 Å². The lowest BCUT2D eigenvalue weighted by Gasteiger charge is -2.25. The van der Waals surface area contributed by atoms with E-state index in [9.17, 15) is 4.39 Å². The molecule has 0 bridgehead atoms. The Balaban J connectivity index is 0.00000261. The summed E-state index contributed by atoms with van der Waals surface area (Å²) < 4.78 is 24.6. The van der Waals surface area contributed by atoms with Gasteiger partial charge in [-0.3, -0.25) is 4.90 Å². The lowest BCUT2D eigenvalue weighted by Crippen LogP contribution is -2.25. The van der Waals surface area contributed by atoms with Gasteiger partial charge in [0.2, 0.25) is 11.8 Å². The molecular formula is C20H28FN3O2S. The van der Waals surface area contributed by atoms with Crippen LogP contribution in [0.5, 0.6) is 11.8 Å². The average molecular weight is 394 g/mol. The molecule has 1 aliphatic rings. The fraction of sp³-hybridized carbons (Fsp3) is 0.500. The summed E-state index contributed by atoms with van der Waals surface area (Å²) in [5.74, 6) is 1.37. The third-order valence-corrected chi connectivity index (χ3v) is 5.11. The van der Waals surface area contributed by atoms with Crippen molar-refractivity contribution in [3.63, 3.8) is 0 Å². The Hall–Kier alpha value is -1.86. The molecule has 1 fully saturated rings. The minimum atomic E-state index is -0.281. The Morgan fingerprint density at radius 2 is 1.96 bits per heavy atom. The number of likely N-dealkylation sites (tertiary alicyclic amines) is 1. The van der Waals surface area contributed by atoms with Gasteiger partial charge in [0.1, 0.15) is 5.82 Å². The predicted octanol–water partition coefficient (Wildman–Crippen LogP) is 3.68. The van der Waals surface area contributed by atoms with E-state index < -0.39 is 0 Å². The molecule has 27 heavy (non-hydrogen) atoms. The van der Waals surface area contributed by atoms with Crippen LogP contribution in [0.1, 0.15) is 36.2 Å². The number of ether oxygens (including phenoxy) is 2. The van der Waals surface area contributed by atoms with E-state index in [2.05, 4.69) is 20.9 Å². The molecule has 3 heterocycles. The summed E-state index contributed by atoms with van der Waals surface area (Å²) in [7, 11) is 3.19. The number of hydrogen-bond acceptors (Lipinski definition) is 5. The molecule has 3 rings (SSSR count). The van der Waals surface area contributed by atoms with Crippen LogP contribution in [0.15, 0.2) is 24.4 Å². The summed E-state index contributed by atoms with van der Waals surface area (Å²) in [5.41, 5.74) is 2.85. The zero-order valence-electron chi connectivity index (χ0n) is 16.3. The second kappa shape index (κ2) is 9.37. The molecule has 0 radical (unpaired) electrons. The Labute approximate surface area is 167 Å². The monoisotopic (exact) mass is 393 g/mol. The molecule has 2 aromatic heterocycles. The minimum Gasteiger partial charge on any atom is -0.481 e. The Kier molecular flexibility index (Phi) is 7.44. The first kappa shape index (κ1) is 21.4. The molecule has 0 saturated carbocycles. The smallest absolute Gasteiger partial charge is 0.213 e. The normalized spacial score (nSPS) is 18.0. The Bertz CT molecular complexity index is 775. The summed E-state index contributed by atoms with van der Waals surface area (Å²) in [6.45, 7) is 5.92. The molecule has 0 aromatic carbocycles. The SMILES string of the molecule is COc1cc(C(C)N2CC[C@H](Cc3cc(C)nc(OC)c3)C2)c(F)cn1.S. The Morgan fingerprint density at radius 3 is 2.67 bits per heavy atom. The molecule has 1 aliphatic heterocycles. The second-order valence-corrected chi connectivity index (χ2v) is 6.94. The first-order valence-corrected chi connectivity index (χ1v) is 8.95. The lowest BCUT2D eigenvalue weighted by molar-refractivity contribution is 0.246. The highest BCUT2D eigenvalue weighted by Gasteiger charge is 2.28. The average Bonchev–Trinajstić information content (AvgIpc) is 3.09. The van der Waals surface area contributed by atoms with Crippen molar-refractivity contribution in [1.82, 2.24) is 14.9 Å².